The molecule has 0 aromatic carbocycles. The van der Waals surface area contributed by atoms with E-state index in [0.29, 0.717) is 29.1 Å². The first-order chi connectivity index (χ1) is 9.69. The Morgan fingerprint density at radius 1 is 1.35 bits per heavy atom. The summed E-state index contributed by atoms with van der Waals surface area (Å²) in [6.07, 6.45) is 6.19. The van der Waals surface area contributed by atoms with Gasteiger partial charge in [0.2, 0.25) is 0 Å². The summed E-state index contributed by atoms with van der Waals surface area (Å²) >= 11 is 6.23. The second-order valence-corrected chi connectivity index (χ2v) is 6.37. The van der Waals surface area contributed by atoms with Crippen LogP contribution in [-0.4, -0.2) is 29.4 Å². The molecular formula is C14H21ClN4O. The van der Waals surface area contributed by atoms with Crippen LogP contribution >= 0.6 is 11.6 Å². The zero-order chi connectivity index (χ0) is 14.1. The van der Waals surface area contributed by atoms with Crippen molar-refractivity contribution in [3.05, 3.63) is 21.6 Å². The lowest BCUT2D eigenvalue weighted by atomic mass is 9.98. The van der Waals surface area contributed by atoms with Crippen molar-refractivity contribution in [1.29, 1.82) is 0 Å². The molecule has 1 unspecified atom stereocenters. The maximum absolute atomic E-state index is 12.6. The third-order valence-electron chi connectivity index (χ3n) is 4.27. The molecule has 0 bridgehead atoms. The van der Waals surface area contributed by atoms with Crippen LogP contribution in [0.3, 0.4) is 0 Å². The van der Waals surface area contributed by atoms with E-state index in [1.165, 1.54) is 12.8 Å². The molecule has 1 saturated heterocycles. The first-order valence-electron chi connectivity index (χ1n) is 7.39. The van der Waals surface area contributed by atoms with Gasteiger partial charge in [-0.15, -0.1) is 0 Å². The normalized spacial score (nSPS) is 23.1. The second kappa shape index (κ2) is 5.74. The van der Waals surface area contributed by atoms with Crippen LogP contribution in [0.25, 0.3) is 0 Å². The van der Waals surface area contributed by atoms with Crippen molar-refractivity contribution in [1.82, 2.24) is 9.78 Å². The van der Waals surface area contributed by atoms with Crippen LogP contribution in [-0.2, 0) is 6.54 Å². The number of rotatable bonds is 4. The number of aromatic nitrogens is 2. The van der Waals surface area contributed by atoms with Gasteiger partial charge in [0.25, 0.3) is 5.56 Å². The molecule has 20 heavy (non-hydrogen) atoms. The highest BCUT2D eigenvalue weighted by Gasteiger charge is 2.26. The average Bonchev–Trinajstić information content (AvgIpc) is 3.26. The van der Waals surface area contributed by atoms with Gasteiger partial charge in [0.15, 0.2) is 0 Å². The minimum absolute atomic E-state index is 0.0536. The van der Waals surface area contributed by atoms with Crippen molar-refractivity contribution < 1.29 is 0 Å². The molecule has 1 saturated carbocycles. The highest BCUT2D eigenvalue weighted by molar-refractivity contribution is 6.33. The predicted octanol–water partition coefficient (Wildman–Crippen LogP) is 1.48. The number of nitrogens with two attached hydrogens (primary N) is 1. The lowest BCUT2D eigenvalue weighted by molar-refractivity contribution is 0.421. The van der Waals surface area contributed by atoms with Gasteiger partial charge in [0.1, 0.15) is 5.69 Å². The van der Waals surface area contributed by atoms with Crippen LogP contribution in [0.2, 0.25) is 5.02 Å². The SMILES string of the molecule is NCC1CCCN(c2c(Cl)cnn(CC3CC3)c2=O)C1. The molecule has 0 amide bonds. The van der Waals surface area contributed by atoms with Crippen molar-refractivity contribution >= 4 is 17.3 Å². The molecular weight excluding hydrogens is 276 g/mol. The number of hydrogen-bond acceptors (Lipinski definition) is 4. The zero-order valence-corrected chi connectivity index (χ0v) is 12.4. The molecule has 2 fully saturated rings. The number of halogens is 1. The summed E-state index contributed by atoms with van der Waals surface area (Å²) < 4.78 is 1.57. The van der Waals surface area contributed by atoms with Crippen LogP contribution in [0, 0.1) is 11.8 Å². The molecule has 5 nitrogen and oxygen atoms in total. The van der Waals surface area contributed by atoms with Crippen LogP contribution in [0.15, 0.2) is 11.0 Å². The fourth-order valence-corrected chi connectivity index (χ4v) is 3.12. The van der Waals surface area contributed by atoms with E-state index >= 15 is 0 Å². The molecule has 1 atom stereocenters. The Labute approximate surface area is 123 Å². The van der Waals surface area contributed by atoms with Gasteiger partial charge >= 0.3 is 0 Å². The number of piperidine rings is 1. The van der Waals surface area contributed by atoms with Crippen molar-refractivity contribution in [2.75, 3.05) is 24.5 Å². The summed E-state index contributed by atoms with van der Waals surface area (Å²) in [7, 11) is 0. The minimum atomic E-state index is -0.0536. The zero-order valence-electron chi connectivity index (χ0n) is 11.6. The van der Waals surface area contributed by atoms with E-state index in [1.54, 1.807) is 10.9 Å². The van der Waals surface area contributed by atoms with Crippen molar-refractivity contribution in [2.24, 2.45) is 17.6 Å². The summed E-state index contributed by atoms with van der Waals surface area (Å²) in [5.74, 6) is 1.07. The Kier molecular flexibility index (Phi) is 3.98. The smallest absolute Gasteiger partial charge is 0.291 e. The van der Waals surface area contributed by atoms with Crippen LogP contribution in [0.4, 0.5) is 5.69 Å². The topological polar surface area (TPSA) is 64.2 Å². The highest BCUT2D eigenvalue weighted by Crippen LogP contribution is 2.31. The van der Waals surface area contributed by atoms with E-state index in [9.17, 15) is 4.79 Å². The Bertz CT molecular complexity index is 540. The van der Waals surface area contributed by atoms with Crippen LogP contribution in [0.5, 0.6) is 0 Å². The molecule has 0 spiro atoms. The fourth-order valence-electron chi connectivity index (χ4n) is 2.88. The first-order valence-corrected chi connectivity index (χ1v) is 7.77. The van der Waals surface area contributed by atoms with Gasteiger partial charge in [-0.1, -0.05) is 11.6 Å². The monoisotopic (exact) mass is 296 g/mol. The molecule has 1 aromatic heterocycles. The average molecular weight is 297 g/mol. The maximum atomic E-state index is 12.6. The Morgan fingerprint density at radius 3 is 2.85 bits per heavy atom. The van der Waals surface area contributed by atoms with Gasteiger partial charge in [-0.3, -0.25) is 4.79 Å². The Balaban J connectivity index is 1.88. The van der Waals surface area contributed by atoms with Gasteiger partial charge < -0.3 is 10.6 Å². The van der Waals surface area contributed by atoms with E-state index in [0.717, 1.165) is 32.5 Å². The summed E-state index contributed by atoms with van der Waals surface area (Å²) in [5.41, 5.74) is 6.33. The lowest BCUT2D eigenvalue weighted by Gasteiger charge is -2.33. The standard InChI is InChI=1S/C14H21ClN4O/c15-12-7-17-19(9-10-3-4-10)14(20)13(12)18-5-1-2-11(6-16)8-18/h7,10-11H,1-6,8-9,16H2. The van der Waals surface area contributed by atoms with Crippen molar-refractivity contribution in [3.8, 4) is 0 Å². The van der Waals surface area contributed by atoms with Gasteiger partial charge in [0.05, 0.1) is 11.2 Å². The minimum Gasteiger partial charge on any atom is -0.365 e. The molecule has 1 aliphatic heterocycles. The highest BCUT2D eigenvalue weighted by atomic mass is 35.5. The quantitative estimate of drug-likeness (QED) is 0.914. The molecule has 2 aliphatic rings. The second-order valence-electron chi connectivity index (χ2n) is 5.96. The van der Waals surface area contributed by atoms with Gasteiger partial charge in [0, 0.05) is 19.6 Å². The van der Waals surface area contributed by atoms with Crippen LogP contribution in [0.1, 0.15) is 25.7 Å². The maximum Gasteiger partial charge on any atom is 0.291 e. The number of anilines is 1. The molecule has 2 heterocycles. The number of hydrogen-bond donors (Lipinski definition) is 1. The lowest BCUT2D eigenvalue weighted by Crippen LogP contribution is -2.42. The predicted molar refractivity (Wildman–Crippen MR) is 80.2 cm³/mol. The van der Waals surface area contributed by atoms with Crippen molar-refractivity contribution in [3.63, 3.8) is 0 Å². The summed E-state index contributed by atoms with van der Waals surface area (Å²) in [5, 5.41) is 4.63. The van der Waals surface area contributed by atoms with E-state index in [1.807, 2.05) is 0 Å². The van der Waals surface area contributed by atoms with E-state index in [2.05, 4.69) is 10.00 Å². The Morgan fingerprint density at radius 2 is 2.15 bits per heavy atom. The molecule has 1 aromatic rings. The Hall–Kier alpha value is -1.07. The third-order valence-corrected chi connectivity index (χ3v) is 4.55. The summed E-state index contributed by atoms with van der Waals surface area (Å²) in [6.45, 7) is 3.07. The molecule has 1 aliphatic carbocycles. The molecule has 6 heteroatoms. The molecule has 3 rings (SSSR count). The molecule has 110 valence electrons. The molecule has 2 N–H and O–H groups in total. The third kappa shape index (κ3) is 2.83. The van der Waals surface area contributed by atoms with E-state index < -0.39 is 0 Å². The van der Waals surface area contributed by atoms with Crippen LogP contribution < -0.4 is 16.2 Å². The number of nitrogens with zero attached hydrogens (tertiary/aromatic N) is 3. The van der Waals surface area contributed by atoms with E-state index in [4.69, 9.17) is 17.3 Å². The first kappa shape index (κ1) is 13.9. The van der Waals surface area contributed by atoms with Gasteiger partial charge in [-0.25, -0.2) is 4.68 Å². The van der Waals surface area contributed by atoms with Gasteiger partial charge in [-0.2, -0.15) is 5.10 Å². The fraction of sp³-hybridized carbons (Fsp3) is 0.714. The summed E-state index contributed by atoms with van der Waals surface area (Å²) in [4.78, 5) is 14.7. The van der Waals surface area contributed by atoms with Crippen molar-refractivity contribution in [2.45, 2.75) is 32.2 Å². The summed E-state index contributed by atoms with van der Waals surface area (Å²) in [6, 6.07) is 0. The van der Waals surface area contributed by atoms with E-state index in [-0.39, 0.29) is 5.56 Å². The molecule has 0 radical (unpaired) electrons. The van der Waals surface area contributed by atoms with Gasteiger partial charge in [-0.05, 0) is 44.1 Å². The largest absolute Gasteiger partial charge is 0.365 e.